The fraction of sp³-hybridized carbons (Fsp3) is 0.769. The van der Waals surface area contributed by atoms with Crippen LogP contribution in [0.25, 0.3) is 0 Å². The minimum absolute atomic E-state index is 0.302. The summed E-state index contributed by atoms with van der Waals surface area (Å²) in [7, 11) is 0. The summed E-state index contributed by atoms with van der Waals surface area (Å²) in [6.45, 7) is 6.50. The van der Waals surface area contributed by atoms with Gasteiger partial charge in [0, 0.05) is 31.4 Å². The van der Waals surface area contributed by atoms with Crippen molar-refractivity contribution in [2.45, 2.75) is 50.7 Å². The normalized spacial score (nSPS) is 26.6. The standard InChI is InChI=1S/C13H22N4/c1-13(2,14)12-7-15-9-17(12)11-5-6-16(8-11)10-3-4-10/h7,9-11H,3-6,8,14H2,1-2H3. The van der Waals surface area contributed by atoms with Gasteiger partial charge in [0.15, 0.2) is 0 Å². The van der Waals surface area contributed by atoms with Crippen LogP contribution in [0.4, 0.5) is 0 Å². The Labute approximate surface area is 103 Å². The van der Waals surface area contributed by atoms with E-state index in [1.807, 2.05) is 26.4 Å². The molecule has 4 heteroatoms. The molecule has 0 amide bonds. The van der Waals surface area contributed by atoms with E-state index in [4.69, 9.17) is 5.73 Å². The lowest BCUT2D eigenvalue weighted by molar-refractivity contribution is 0.310. The Morgan fingerprint density at radius 3 is 2.71 bits per heavy atom. The number of imidazole rings is 1. The summed E-state index contributed by atoms with van der Waals surface area (Å²) in [5.74, 6) is 0. The van der Waals surface area contributed by atoms with Crippen molar-refractivity contribution in [3.05, 3.63) is 18.2 Å². The van der Waals surface area contributed by atoms with Crippen molar-refractivity contribution in [3.8, 4) is 0 Å². The summed E-state index contributed by atoms with van der Waals surface area (Å²) in [4.78, 5) is 6.91. The fourth-order valence-corrected chi connectivity index (χ4v) is 2.86. The van der Waals surface area contributed by atoms with Crippen LogP contribution in [-0.4, -0.2) is 33.6 Å². The molecule has 1 aliphatic carbocycles. The summed E-state index contributed by atoms with van der Waals surface area (Å²) < 4.78 is 2.29. The topological polar surface area (TPSA) is 47.1 Å². The third-order valence-electron chi connectivity index (χ3n) is 3.98. The van der Waals surface area contributed by atoms with Gasteiger partial charge >= 0.3 is 0 Å². The lowest BCUT2D eigenvalue weighted by atomic mass is 10.0. The maximum atomic E-state index is 6.20. The van der Waals surface area contributed by atoms with Gasteiger partial charge in [0.25, 0.3) is 0 Å². The Morgan fingerprint density at radius 1 is 1.29 bits per heavy atom. The number of likely N-dealkylation sites (tertiary alicyclic amines) is 1. The molecule has 3 rings (SSSR count). The maximum Gasteiger partial charge on any atom is 0.0951 e. The molecule has 2 N–H and O–H groups in total. The van der Waals surface area contributed by atoms with Crippen molar-refractivity contribution in [2.75, 3.05) is 13.1 Å². The molecule has 94 valence electrons. The van der Waals surface area contributed by atoms with E-state index in [1.54, 1.807) is 0 Å². The van der Waals surface area contributed by atoms with Crippen LogP contribution in [0.1, 0.15) is 44.8 Å². The number of hydrogen-bond acceptors (Lipinski definition) is 3. The minimum atomic E-state index is -0.302. The molecule has 1 atom stereocenters. The first-order valence-electron chi connectivity index (χ1n) is 6.61. The Hall–Kier alpha value is -0.870. The number of hydrogen-bond donors (Lipinski definition) is 1. The predicted octanol–water partition coefficient (Wildman–Crippen LogP) is 1.49. The molecule has 1 aromatic heterocycles. The zero-order valence-corrected chi connectivity index (χ0v) is 10.8. The van der Waals surface area contributed by atoms with Crippen LogP contribution in [0.2, 0.25) is 0 Å². The zero-order valence-electron chi connectivity index (χ0n) is 10.8. The highest BCUT2D eigenvalue weighted by Crippen LogP contribution is 2.34. The highest BCUT2D eigenvalue weighted by Gasteiger charge is 2.36. The molecule has 1 aromatic rings. The average Bonchev–Trinajstić information content (AvgIpc) is 2.82. The van der Waals surface area contributed by atoms with Gasteiger partial charge in [-0.2, -0.15) is 0 Å². The van der Waals surface area contributed by atoms with Crippen LogP contribution < -0.4 is 5.73 Å². The molecule has 1 saturated heterocycles. The molecule has 0 spiro atoms. The van der Waals surface area contributed by atoms with Crippen molar-refractivity contribution in [1.82, 2.24) is 14.5 Å². The molecule has 1 aliphatic heterocycles. The molecular weight excluding hydrogens is 212 g/mol. The summed E-state index contributed by atoms with van der Waals surface area (Å²) in [6, 6.07) is 1.44. The van der Waals surface area contributed by atoms with Crippen molar-refractivity contribution < 1.29 is 0 Å². The Morgan fingerprint density at radius 2 is 2.06 bits per heavy atom. The number of rotatable bonds is 3. The Bertz CT molecular complexity index is 400. The number of nitrogens with two attached hydrogens (primary N) is 1. The monoisotopic (exact) mass is 234 g/mol. The molecule has 1 saturated carbocycles. The molecule has 2 fully saturated rings. The van der Waals surface area contributed by atoms with E-state index in [9.17, 15) is 0 Å². The number of aromatic nitrogens is 2. The number of nitrogens with zero attached hydrogens (tertiary/aromatic N) is 3. The summed E-state index contributed by atoms with van der Waals surface area (Å²) >= 11 is 0. The molecule has 4 nitrogen and oxygen atoms in total. The second-order valence-electron chi connectivity index (χ2n) is 6.08. The molecule has 0 radical (unpaired) electrons. The van der Waals surface area contributed by atoms with E-state index < -0.39 is 0 Å². The van der Waals surface area contributed by atoms with Gasteiger partial charge in [0.2, 0.25) is 0 Å². The quantitative estimate of drug-likeness (QED) is 0.862. The third kappa shape index (κ3) is 2.11. The van der Waals surface area contributed by atoms with Crippen LogP contribution in [0.3, 0.4) is 0 Å². The van der Waals surface area contributed by atoms with Gasteiger partial charge in [-0.25, -0.2) is 4.98 Å². The average molecular weight is 234 g/mol. The molecule has 0 aromatic carbocycles. The maximum absolute atomic E-state index is 6.20. The van der Waals surface area contributed by atoms with Gasteiger partial charge in [-0.05, 0) is 33.1 Å². The van der Waals surface area contributed by atoms with Gasteiger partial charge in [-0.3, -0.25) is 4.90 Å². The van der Waals surface area contributed by atoms with Gasteiger partial charge < -0.3 is 10.3 Å². The van der Waals surface area contributed by atoms with Gasteiger partial charge in [0.05, 0.1) is 17.6 Å². The minimum Gasteiger partial charge on any atom is -0.328 e. The van der Waals surface area contributed by atoms with E-state index in [-0.39, 0.29) is 5.54 Å². The van der Waals surface area contributed by atoms with Crippen molar-refractivity contribution in [2.24, 2.45) is 5.73 Å². The fourth-order valence-electron chi connectivity index (χ4n) is 2.86. The van der Waals surface area contributed by atoms with Gasteiger partial charge in [-0.15, -0.1) is 0 Å². The Balaban J connectivity index is 1.78. The first-order chi connectivity index (χ1) is 8.05. The molecular formula is C13H22N4. The summed E-state index contributed by atoms with van der Waals surface area (Å²) in [6.07, 6.45) is 7.89. The van der Waals surface area contributed by atoms with Gasteiger partial charge in [0.1, 0.15) is 0 Å². The molecule has 1 unspecified atom stereocenters. The lowest BCUT2D eigenvalue weighted by Crippen LogP contribution is -2.33. The third-order valence-corrected chi connectivity index (χ3v) is 3.98. The van der Waals surface area contributed by atoms with E-state index in [0.29, 0.717) is 6.04 Å². The summed E-state index contributed by atoms with van der Waals surface area (Å²) in [5.41, 5.74) is 7.05. The predicted molar refractivity (Wildman–Crippen MR) is 67.7 cm³/mol. The molecule has 2 aliphatic rings. The van der Waals surface area contributed by atoms with Crippen LogP contribution in [0, 0.1) is 0 Å². The Kier molecular flexibility index (Phi) is 2.52. The van der Waals surface area contributed by atoms with Crippen molar-refractivity contribution in [1.29, 1.82) is 0 Å². The zero-order chi connectivity index (χ0) is 12.0. The SMILES string of the molecule is CC(C)(N)c1cncn1C1CCN(C2CC2)C1. The largest absolute Gasteiger partial charge is 0.328 e. The molecule has 17 heavy (non-hydrogen) atoms. The van der Waals surface area contributed by atoms with Crippen molar-refractivity contribution >= 4 is 0 Å². The first kappa shape index (κ1) is 11.2. The second kappa shape index (κ2) is 3.82. The van der Waals surface area contributed by atoms with E-state index in [2.05, 4.69) is 14.5 Å². The first-order valence-corrected chi connectivity index (χ1v) is 6.61. The highest BCUT2D eigenvalue weighted by atomic mass is 15.3. The lowest BCUT2D eigenvalue weighted by Gasteiger charge is -2.24. The van der Waals surface area contributed by atoms with E-state index >= 15 is 0 Å². The van der Waals surface area contributed by atoms with E-state index in [0.717, 1.165) is 11.7 Å². The van der Waals surface area contributed by atoms with E-state index in [1.165, 1.54) is 32.4 Å². The van der Waals surface area contributed by atoms with Crippen LogP contribution in [0.5, 0.6) is 0 Å². The second-order valence-corrected chi connectivity index (χ2v) is 6.08. The smallest absolute Gasteiger partial charge is 0.0951 e. The molecule has 0 bridgehead atoms. The van der Waals surface area contributed by atoms with Crippen molar-refractivity contribution in [3.63, 3.8) is 0 Å². The van der Waals surface area contributed by atoms with Crippen LogP contribution in [0.15, 0.2) is 12.5 Å². The summed E-state index contributed by atoms with van der Waals surface area (Å²) in [5, 5.41) is 0. The molecule has 2 heterocycles. The highest BCUT2D eigenvalue weighted by molar-refractivity contribution is 5.12. The van der Waals surface area contributed by atoms with Crippen LogP contribution in [-0.2, 0) is 5.54 Å². The van der Waals surface area contributed by atoms with Crippen LogP contribution >= 0.6 is 0 Å². The van der Waals surface area contributed by atoms with Gasteiger partial charge in [-0.1, -0.05) is 0 Å².